The van der Waals surface area contributed by atoms with Crippen LogP contribution in [0.3, 0.4) is 0 Å². The van der Waals surface area contributed by atoms with Crippen LogP contribution in [0.5, 0.6) is 0 Å². The SMILES string of the molecule is CCCCCCCCC(=O)NC(COP(=O)([O-])OCC[N+](C)(C)C)C(O)CCCCCC. The molecule has 0 aliphatic heterocycles. The summed E-state index contributed by atoms with van der Waals surface area (Å²) in [5, 5.41) is 13.4. The zero-order valence-electron chi connectivity index (χ0n) is 21.1. The van der Waals surface area contributed by atoms with Gasteiger partial charge in [-0.15, -0.1) is 0 Å². The minimum atomic E-state index is -4.51. The van der Waals surface area contributed by atoms with E-state index < -0.39 is 20.0 Å². The van der Waals surface area contributed by atoms with Gasteiger partial charge in [0, 0.05) is 6.42 Å². The molecule has 2 N–H and O–H groups in total. The Morgan fingerprint density at radius 1 is 0.969 bits per heavy atom. The zero-order chi connectivity index (χ0) is 24.5. The number of phosphoric acid groups is 1. The van der Waals surface area contributed by atoms with Crippen LogP contribution in [-0.4, -0.2) is 68.5 Å². The van der Waals surface area contributed by atoms with Crippen LogP contribution in [0.2, 0.25) is 0 Å². The van der Waals surface area contributed by atoms with Gasteiger partial charge in [-0.25, -0.2) is 0 Å². The van der Waals surface area contributed by atoms with Crippen LogP contribution in [-0.2, 0) is 18.4 Å². The number of nitrogens with one attached hydrogen (secondary N) is 1. The molecule has 0 heterocycles. The van der Waals surface area contributed by atoms with Crippen molar-refractivity contribution in [1.29, 1.82) is 0 Å². The average Bonchev–Trinajstić information content (AvgIpc) is 2.69. The smallest absolute Gasteiger partial charge is 0.268 e. The summed E-state index contributed by atoms with van der Waals surface area (Å²) in [6.07, 6.45) is 10.4. The third-order valence-electron chi connectivity index (χ3n) is 5.35. The Hall–Kier alpha value is -0.500. The van der Waals surface area contributed by atoms with Crippen LogP contribution in [0.4, 0.5) is 0 Å². The highest BCUT2D eigenvalue weighted by molar-refractivity contribution is 7.45. The molecule has 1 amide bonds. The van der Waals surface area contributed by atoms with Crippen molar-refractivity contribution < 1.29 is 32.9 Å². The maximum atomic E-state index is 12.4. The van der Waals surface area contributed by atoms with Crippen LogP contribution < -0.4 is 10.2 Å². The number of nitrogens with zero attached hydrogens (tertiary/aromatic N) is 1. The fourth-order valence-electron chi connectivity index (χ4n) is 3.21. The number of quaternary nitrogens is 1. The fraction of sp³-hybridized carbons (Fsp3) is 0.957. The first-order valence-electron chi connectivity index (χ1n) is 12.4. The van der Waals surface area contributed by atoms with Crippen molar-refractivity contribution >= 4 is 13.7 Å². The topological polar surface area (TPSA) is 108 Å². The predicted molar refractivity (Wildman–Crippen MR) is 127 cm³/mol. The van der Waals surface area contributed by atoms with E-state index in [0.29, 0.717) is 23.9 Å². The monoisotopic (exact) mass is 480 g/mol. The lowest BCUT2D eigenvalue weighted by molar-refractivity contribution is -0.870. The summed E-state index contributed by atoms with van der Waals surface area (Å²) in [5.74, 6) is -0.187. The Morgan fingerprint density at radius 3 is 2.12 bits per heavy atom. The van der Waals surface area contributed by atoms with Gasteiger partial charge in [-0.3, -0.25) is 9.36 Å². The van der Waals surface area contributed by atoms with Crippen LogP contribution in [0.25, 0.3) is 0 Å². The number of phosphoric ester groups is 1. The van der Waals surface area contributed by atoms with Gasteiger partial charge in [-0.1, -0.05) is 71.6 Å². The maximum Gasteiger partial charge on any atom is 0.268 e. The molecule has 0 saturated carbocycles. The van der Waals surface area contributed by atoms with Gasteiger partial charge in [0.25, 0.3) is 7.82 Å². The van der Waals surface area contributed by atoms with Crippen LogP contribution in [0, 0.1) is 0 Å². The standard InChI is InChI=1S/C23H49N2O6P/c1-6-8-10-12-13-15-17-23(27)24-21(22(26)16-14-11-9-7-2)20-31-32(28,29)30-19-18-25(3,4)5/h21-22,26H,6-20H2,1-5H3,(H-,24,27,28,29). The largest absolute Gasteiger partial charge is 0.756 e. The third-order valence-corrected chi connectivity index (χ3v) is 6.31. The maximum absolute atomic E-state index is 12.4. The Balaban J connectivity index is 4.64. The predicted octanol–water partition coefficient (Wildman–Crippen LogP) is 3.76. The van der Waals surface area contributed by atoms with Gasteiger partial charge in [-0.05, 0) is 12.8 Å². The van der Waals surface area contributed by atoms with Crippen LogP contribution in [0.15, 0.2) is 0 Å². The molecule has 0 rings (SSSR count). The third kappa shape index (κ3) is 19.0. The molecule has 0 aromatic carbocycles. The normalized spacial score (nSPS) is 15.8. The lowest BCUT2D eigenvalue weighted by atomic mass is 10.0. The van der Waals surface area contributed by atoms with E-state index in [4.69, 9.17) is 9.05 Å². The molecular formula is C23H49N2O6P. The minimum absolute atomic E-state index is 0.0128. The van der Waals surface area contributed by atoms with E-state index in [9.17, 15) is 19.4 Å². The molecule has 0 fully saturated rings. The highest BCUT2D eigenvalue weighted by atomic mass is 31.2. The molecule has 0 aromatic heterocycles. The number of carbonyl (C=O) groups is 1. The number of hydrogen-bond donors (Lipinski definition) is 2. The van der Waals surface area contributed by atoms with E-state index in [0.717, 1.165) is 44.9 Å². The Kier molecular flexibility index (Phi) is 17.6. The van der Waals surface area contributed by atoms with Crippen molar-refractivity contribution in [2.45, 2.75) is 103 Å². The summed E-state index contributed by atoms with van der Waals surface area (Å²) in [6.45, 7) is 4.47. The second-order valence-corrected chi connectivity index (χ2v) is 11.1. The highest BCUT2D eigenvalue weighted by Crippen LogP contribution is 2.38. The van der Waals surface area contributed by atoms with Crippen molar-refractivity contribution in [3.8, 4) is 0 Å². The zero-order valence-corrected chi connectivity index (χ0v) is 22.0. The molecule has 0 aliphatic carbocycles. The minimum Gasteiger partial charge on any atom is -0.756 e. The fourth-order valence-corrected chi connectivity index (χ4v) is 3.93. The van der Waals surface area contributed by atoms with Gasteiger partial charge in [0.05, 0.1) is 39.9 Å². The van der Waals surface area contributed by atoms with Crippen LogP contribution in [0.1, 0.15) is 90.9 Å². The summed E-state index contributed by atoms with van der Waals surface area (Å²) >= 11 is 0. The molecule has 0 aromatic rings. The molecule has 9 heteroatoms. The highest BCUT2D eigenvalue weighted by Gasteiger charge is 2.24. The molecule has 0 aliphatic rings. The van der Waals surface area contributed by atoms with E-state index in [2.05, 4.69) is 19.2 Å². The second kappa shape index (κ2) is 17.9. The number of amides is 1. The lowest BCUT2D eigenvalue weighted by Gasteiger charge is -2.30. The van der Waals surface area contributed by atoms with Crippen LogP contribution >= 0.6 is 7.82 Å². The van der Waals surface area contributed by atoms with Gasteiger partial charge in [-0.2, -0.15) is 0 Å². The van der Waals surface area contributed by atoms with Crippen molar-refractivity contribution in [3.63, 3.8) is 0 Å². The second-order valence-electron chi connectivity index (χ2n) is 9.70. The summed E-state index contributed by atoms with van der Waals surface area (Å²) < 4.78 is 22.6. The van der Waals surface area contributed by atoms with E-state index >= 15 is 0 Å². The molecule has 3 unspecified atom stereocenters. The number of unbranched alkanes of at least 4 members (excludes halogenated alkanes) is 8. The molecule has 0 saturated heterocycles. The summed E-state index contributed by atoms with van der Waals surface area (Å²) in [7, 11) is 1.29. The van der Waals surface area contributed by atoms with Crippen molar-refractivity contribution in [2.75, 3.05) is 40.9 Å². The summed E-state index contributed by atoms with van der Waals surface area (Å²) in [4.78, 5) is 24.5. The van der Waals surface area contributed by atoms with E-state index in [1.807, 2.05) is 21.1 Å². The van der Waals surface area contributed by atoms with Crippen molar-refractivity contribution in [2.24, 2.45) is 0 Å². The number of likely N-dealkylation sites (N-methyl/N-ethyl adjacent to an activating group) is 1. The van der Waals surface area contributed by atoms with Crippen molar-refractivity contribution in [1.82, 2.24) is 5.32 Å². The molecule has 192 valence electrons. The molecule has 0 bridgehead atoms. The number of rotatable bonds is 21. The molecule has 0 radical (unpaired) electrons. The van der Waals surface area contributed by atoms with Gasteiger partial charge < -0.3 is 28.8 Å². The Morgan fingerprint density at radius 2 is 1.53 bits per heavy atom. The lowest BCUT2D eigenvalue weighted by Crippen LogP contribution is -2.46. The molecule has 8 nitrogen and oxygen atoms in total. The number of aliphatic hydroxyl groups excluding tert-OH is 1. The number of aliphatic hydroxyl groups is 1. The van der Waals surface area contributed by atoms with Crippen molar-refractivity contribution in [3.05, 3.63) is 0 Å². The molecule has 32 heavy (non-hydrogen) atoms. The first-order chi connectivity index (χ1) is 15.0. The first kappa shape index (κ1) is 31.5. The summed E-state index contributed by atoms with van der Waals surface area (Å²) in [5.41, 5.74) is 0. The first-order valence-corrected chi connectivity index (χ1v) is 13.8. The quantitative estimate of drug-likeness (QED) is 0.147. The average molecular weight is 481 g/mol. The molecular weight excluding hydrogens is 431 g/mol. The van der Waals surface area contributed by atoms with Gasteiger partial charge in [0.2, 0.25) is 5.91 Å². The molecule has 3 atom stereocenters. The van der Waals surface area contributed by atoms with Gasteiger partial charge >= 0.3 is 0 Å². The van der Waals surface area contributed by atoms with E-state index in [1.54, 1.807) is 0 Å². The summed E-state index contributed by atoms with van der Waals surface area (Å²) in [6, 6.07) is -0.784. The Labute approximate surface area is 196 Å². The Bertz CT molecular complexity index is 527. The van der Waals surface area contributed by atoms with Gasteiger partial charge in [0.15, 0.2) is 0 Å². The van der Waals surface area contributed by atoms with Gasteiger partial charge in [0.1, 0.15) is 13.2 Å². The van der Waals surface area contributed by atoms with E-state index in [-0.39, 0.29) is 19.1 Å². The van der Waals surface area contributed by atoms with E-state index in [1.165, 1.54) is 19.3 Å². The number of carbonyl (C=O) groups excluding carboxylic acids is 1. The number of hydrogen-bond acceptors (Lipinski definition) is 6. The molecule has 0 spiro atoms.